The fourth-order valence-electron chi connectivity index (χ4n) is 3.90. The zero-order valence-electron chi connectivity index (χ0n) is 16.8. The van der Waals surface area contributed by atoms with Crippen LogP contribution in [0.4, 0.5) is 5.82 Å². The lowest BCUT2D eigenvalue weighted by Crippen LogP contribution is -2.31. The smallest absolute Gasteiger partial charge is 0.335 e. The second kappa shape index (κ2) is 8.31. The van der Waals surface area contributed by atoms with Crippen LogP contribution in [0.5, 0.6) is 0 Å². The maximum Gasteiger partial charge on any atom is 0.335 e. The van der Waals surface area contributed by atoms with Crippen LogP contribution < -0.4 is 10.0 Å². The Hall–Kier alpha value is -2.53. The number of hydrogen-bond acceptors (Lipinski definition) is 7. The number of aliphatic hydroxyl groups is 1. The number of aromatic nitrogens is 3. The van der Waals surface area contributed by atoms with Crippen LogP contribution in [-0.2, 0) is 14.5 Å². The molecular formula is C20H25N5O4S. The molecule has 0 radical (unpaired) electrons. The van der Waals surface area contributed by atoms with E-state index in [0.717, 1.165) is 22.4 Å². The highest BCUT2D eigenvalue weighted by Crippen LogP contribution is 2.36. The van der Waals surface area contributed by atoms with E-state index in [2.05, 4.69) is 39.1 Å². The molecule has 4 atom stereocenters. The maximum atomic E-state index is 11.7. The minimum absolute atomic E-state index is 0.0606. The summed E-state index contributed by atoms with van der Waals surface area (Å²) in [5, 5.41) is 14.6. The second-order valence-corrected chi connectivity index (χ2v) is 8.95. The molecule has 0 spiro atoms. The molecule has 0 saturated heterocycles. The third-order valence-corrected chi connectivity index (χ3v) is 6.50. The molecule has 0 amide bonds. The van der Waals surface area contributed by atoms with Crippen molar-refractivity contribution >= 4 is 27.2 Å². The molecule has 0 aliphatic heterocycles. The Labute approximate surface area is 175 Å². The standard InChI is InChI=1S/C20H25N5O4S/c1-13(14-6-4-3-5-7-14)24-19-16-8-9-25(20(16)23-12-22-19)15-10-17(26)18(11-15)29-30(27,28)21-2/h3-9,12-13,15,17-18,21,26H,10-11H2,1-2H3,(H,22,23,24)/t13-,15+,17-,18-/m0/s1. The van der Waals surface area contributed by atoms with Crippen molar-refractivity contribution < 1.29 is 17.7 Å². The van der Waals surface area contributed by atoms with E-state index >= 15 is 0 Å². The molecule has 4 rings (SSSR count). The molecule has 3 N–H and O–H groups in total. The van der Waals surface area contributed by atoms with E-state index in [4.69, 9.17) is 4.18 Å². The van der Waals surface area contributed by atoms with Gasteiger partial charge in [0.05, 0.1) is 11.5 Å². The van der Waals surface area contributed by atoms with Gasteiger partial charge in [-0.3, -0.25) is 4.18 Å². The van der Waals surface area contributed by atoms with Gasteiger partial charge in [0.15, 0.2) is 0 Å². The summed E-state index contributed by atoms with van der Waals surface area (Å²) in [5.41, 5.74) is 1.87. The minimum Gasteiger partial charge on any atom is -0.390 e. The lowest BCUT2D eigenvalue weighted by Gasteiger charge is -2.16. The first-order chi connectivity index (χ1) is 14.4. The van der Waals surface area contributed by atoms with E-state index in [1.165, 1.54) is 13.4 Å². The lowest BCUT2D eigenvalue weighted by molar-refractivity contribution is 0.0635. The molecule has 2 heterocycles. The third-order valence-electron chi connectivity index (χ3n) is 5.50. The Morgan fingerprint density at radius 1 is 1.20 bits per heavy atom. The summed E-state index contributed by atoms with van der Waals surface area (Å²) in [6.45, 7) is 2.07. The number of benzene rings is 1. The van der Waals surface area contributed by atoms with E-state index in [1.807, 2.05) is 35.0 Å². The van der Waals surface area contributed by atoms with Crippen molar-refractivity contribution in [2.24, 2.45) is 0 Å². The van der Waals surface area contributed by atoms with E-state index in [1.54, 1.807) is 0 Å². The fraction of sp³-hybridized carbons (Fsp3) is 0.400. The van der Waals surface area contributed by atoms with Gasteiger partial charge in [0.25, 0.3) is 0 Å². The molecule has 1 aromatic carbocycles. The number of fused-ring (bicyclic) bond motifs is 1. The van der Waals surface area contributed by atoms with Crippen molar-refractivity contribution in [3.05, 3.63) is 54.5 Å². The highest BCUT2D eigenvalue weighted by Gasteiger charge is 2.38. The molecule has 160 valence electrons. The van der Waals surface area contributed by atoms with Crippen LogP contribution in [0, 0.1) is 0 Å². The van der Waals surface area contributed by atoms with Crippen molar-refractivity contribution in [1.82, 2.24) is 19.3 Å². The first kappa shape index (κ1) is 20.7. The van der Waals surface area contributed by atoms with Crippen LogP contribution in [-0.4, -0.2) is 47.3 Å². The molecule has 1 aliphatic rings. The summed E-state index contributed by atoms with van der Waals surface area (Å²) in [4.78, 5) is 8.83. The second-order valence-electron chi connectivity index (χ2n) is 7.44. The summed E-state index contributed by atoms with van der Waals surface area (Å²) < 4.78 is 32.5. The summed E-state index contributed by atoms with van der Waals surface area (Å²) >= 11 is 0. The average Bonchev–Trinajstić information content (AvgIpc) is 3.32. The lowest BCUT2D eigenvalue weighted by atomic mass is 10.1. The minimum atomic E-state index is -3.87. The van der Waals surface area contributed by atoms with Gasteiger partial charge in [-0.15, -0.1) is 0 Å². The highest BCUT2D eigenvalue weighted by molar-refractivity contribution is 7.84. The molecule has 1 fully saturated rings. The molecule has 9 nitrogen and oxygen atoms in total. The Bertz CT molecular complexity index is 1120. The maximum absolute atomic E-state index is 11.7. The summed E-state index contributed by atoms with van der Waals surface area (Å²) in [5.74, 6) is 0.721. The molecule has 2 aromatic heterocycles. The topological polar surface area (TPSA) is 118 Å². The van der Waals surface area contributed by atoms with Crippen molar-refractivity contribution in [1.29, 1.82) is 0 Å². The zero-order chi connectivity index (χ0) is 21.3. The van der Waals surface area contributed by atoms with Crippen molar-refractivity contribution in [2.45, 2.75) is 44.1 Å². The molecule has 1 saturated carbocycles. The van der Waals surface area contributed by atoms with Crippen molar-refractivity contribution in [2.75, 3.05) is 12.4 Å². The summed E-state index contributed by atoms with van der Waals surface area (Å²) in [6, 6.07) is 11.9. The predicted molar refractivity (Wildman–Crippen MR) is 113 cm³/mol. The molecule has 0 unspecified atom stereocenters. The average molecular weight is 432 g/mol. The number of rotatable bonds is 7. The molecular weight excluding hydrogens is 406 g/mol. The van der Waals surface area contributed by atoms with Crippen LogP contribution in [0.2, 0.25) is 0 Å². The fourth-order valence-corrected chi connectivity index (χ4v) is 4.53. The van der Waals surface area contributed by atoms with Crippen LogP contribution >= 0.6 is 0 Å². The Morgan fingerprint density at radius 2 is 1.97 bits per heavy atom. The first-order valence-corrected chi connectivity index (χ1v) is 11.2. The quantitative estimate of drug-likeness (QED) is 0.524. The number of hydrogen-bond donors (Lipinski definition) is 3. The summed E-state index contributed by atoms with van der Waals surface area (Å²) in [6.07, 6.45) is 2.45. The van der Waals surface area contributed by atoms with Gasteiger partial charge >= 0.3 is 10.3 Å². The molecule has 30 heavy (non-hydrogen) atoms. The van der Waals surface area contributed by atoms with Crippen molar-refractivity contribution in [3.8, 4) is 0 Å². The molecule has 10 heteroatoms. The molecule has 1 aliphatic carbocycles. The van der Waals surface area contributed by atoms with Gasteiger partial charge < -0.3 is 15.0 Å². The van der Waals surface area contributed by atoms with Gasteiger partial charge in [0.2, 0.25) is 0 Å². The van der Waals surface area contributed by atoms with E-state index in [-0.39, 0.29) is 12.1 Å². The van der Waals surface area contributed by atoms with Gasteiger partial charge in [0.1, 0.15) is 23.9 Å². The predicted octanol–water partition coefficient (Wildman–Crippen LogP) is 2.15. The van der Waals surface area contributed by atoms with Gasteiger partial charge in [-0.25, -0.2) is 9.97 Å². The summed E-state index contributed by atoms with van der Waals surface area (Å²) in [7, 11) is -2.60. The Morgan fingerprint density at radius 3 is 2.70 bits per heavy atom. The van der Waals surface area contributed by atoms with Crippen LogP contribution in [0.15, 0.2) is 48.9 Å². The van der Waals surface area contributed by atoms with Gasteiger partial charge in [0, 0.05) is 25.3 Å². The number of nitrogens with zero attached hydrogens (tertiary/aromatic N) is 3. The Kier molecular flexibility index (Phi) is 5.74. The van der Waals surface area contributed by atoms with Crippen molar-refractivity contribution in [3.63, 3.8) is 0 Å². The normalized spacial score (nSPS) is 23.0. The first-order valence-electron chi connectivity index (χ1n) is 9.81. The molecule has 0 bridgehead atoms. The van der Waals surface area contributed by atoms with Crippen LogP contribution in [0.1, 0.15) is 37.4 Å². The van der Waals surface area contributed by atoms with E-state index in [9.17, 15) is 13.5 Å². The van der Waals surface area contributed by atoms with Gasteiger partial charge in [-0.1, -0.05) is 30.3 Å². The monoisotopic (exact) mass is 431 g/mol. The molecule has 3 aromatic rings. The zero-order valence-corrected chi connectivity index (χ0v) is 17.6. The number of anilines is 1. The number of nitrogens with one attached hydrogen (secondary N) is 2. The van der Waals surface area contributed by atoms with Crippen LogP contribution in [0.3, 0.4) is 0 Å². The largest absolute Gasteiger partial charge is 0.390 e. The van der Waals surface area contributed by atoms with Gasteiger partial charge in [-0.2, -0.15) is 13.1 Å². The third kappa shape index (κ3) is 4.17. The SMILES string of the molecule is CNS(=O)(=O)O[C@H]1C[C@H](n2ccc3c(N[C@@H](C)c4ccccc4)ncnc32)C[C@@H]1O. The van der Waals surface area contributed by atoms with Gasteiger partial charge in [-0.05, 0) is 31.4 Å². The Balaban J connectivity index is 1.56. The number of aliphatic hydroxyl groups excluding tert-OH is 1. The van der Waals surface area contributed by atoms with Crippen LogP contribution in [0.25, 0.3) is 11.0 Å². The van der Waals surface area contributed by atoms with E-state index < -0.39 is 22.5 Å². The van der Waals surface area contributed by atoms with E-state index in [0.29, 0.717) is 12.8 Å². The highest BCUT2D eigenvalue weighted by atomic mass is 32.2.